The lowest BCUT2D eigenvalue weighted by Gasteiger charge is -2.19. The van der Waals surface area contributed by atoms with Gasteiger partial charge >= 0.3 is 0 Å². The van der Waals surface area contributed by atoms with E-state index in [4.69, 9.17) is 4.74 Å². The Kier molecular flexibility index (Phi) is 9.24. The van der Waals surface area contributed by atoms with Crippen LogP contribution in [0.5, 0.6) is 0 Å². The SMILES string of the molecule is CCN(CC)CCNCC(O)COCc1ccccc1. The molecule has 0 aliphatic carbocycles. The van der Waals surface area contributed by atoms with Crippen molar-refractivity contribution in [2.24, 2.45) is 0 Å². The van der Waals surface area contributed by atoms with E-state index in [9.17, 15) is 5.11 Å². The third-order valence-corrected chi connectivity index (χ3v) is 3.30. The molecule has 1 aromatic carbocycles. The minimum Gasteiger partial charge on any atom is -0.389 e. The Labute approximate surface area is 122 Å². The van der Waals surface area contributed by atoms with Crippen LogP contribution >= 0.6 is 0 Å². The lowest BCUT2D eigenvalue weighted by molar-refractivity contribution is 0.0287. The van der Waals surface area contributed by atoms with Crippen molar-refractivity contribution in [1.29, 1.82) is 0 Å². The van der Waals surface area contributed by atoms with Gasteiger partial charge in [0.25, 0.3) is 0 Å². The van der Waals surface area contributed by atoms with Crippen LogP contribution < -0.4 is 5.32 Å². The third kappa shape index (κ3) is 7.60. The van der Waals surface area contributed by atoms with E-state index in [0.29, 0.717) is 19.8 Å². The Morgan fingerprint density at radius 1 is 1.20 bits per heavy atom. The average molecular weight is 280 g/mol. The summed E-state index contributed by atoms with van der Waals surface area (Å²) >= 11 is 0. The highest BCUT2D eigenvalue weighted by Gasteiger charge is 2.04. The summed E-state index contributed by atoms with van der Waals surface area (Å²) in [5.41, 5.74) is 1.13. The second-order valence-corrected chi connectivity index (χ2v) is 4.89. The topological polar surface area (TPSA) is 44.7 Å². The van der Waals surface area contributed by atoms with Gasteiger partial charge in [-0.15, -0.1) is 0 Å². The molecule has 20 heavy (non-hydrogen) atoms. The van der Waals surface area contributed by atoms with E-state index < -0.39 is 6.10 Å². The van der Waals surface area contributed by atoms with E-state index in [1.54, 1.807) is 0 Å². The van der Waals surface area contributed by atoms with Crippen LogP contribution in [-0.4, -0.2) is 55.4 Å². The Balaban J connectivity index is 2.02. The van der Waals surface area contributed by atoms with Crippen LogP contribution in [0.2, 0.25) is 0 Å². The second-order valence-electron chi connectivity index (χ2n) is 4.89. The number of hydrogen-bond donors (Lipinski definition) is 2. The summed E-state index contributed by atoms with van der Waals surface area (Å²) < 4.78 is 5.50. The van der Waals surface area contributed by atoms with Gasteiger partial charge in [-0.2, -0.15) is 0 Å². The molecule has 4 nitrogen and oxygen atoms in total. The van der Waals surface area contributed by atoms with Crippen LogP contribution in [0.4, 0.5) is 0 Å². The molecule has 1 aromatic rings. The van der Waals surface area contributed by atoms with Gasteiger partial charge < -0.3 is 20.1 Å². The molecule has 1 unspecified atom stereocenters. The maximum absolute atomic E-state index is 9.81. The molecule has 0 amide bonds. The van der Waals surface area contributed by atoms with Gasteiger partial charge in [-0.3, -0.25) is 0 Å². The van der Waals surface area contributed by atoms with Gasteiger partial charge in [-0.05, 0) is 18.7 Å². The Hall–Kier alpha value is -0.940. The van der Waals surface area contributed by atoms with E-state index in [1.165, 1.54) is 0 Å². The molecule has 0 heterocycles. The Morgan fingerprint density at radius 3 is 2.55 bits per heavy atom. The molecule has 0 radical (unpaired) electrons. The van der Waals surface area contributed by atoms with Gasteiger partial charge in [-0.1, -0.05) is 44.2 Å². The molecule has 1 rings (SSSR count). The molecule has 0 aromatic heterocycles. The van der Waals surface area contributed by atoms with Crippen molar-refractivity contribution in [3.63, 3.8) is 0 Å². The van der Waals surface area contributed by atoms with Gasteiger partial charge in [0.1, 0.15) is 0 Å². The molecular formula is C16H28N2O2. The zero-order valence-corrected chi connectivity index (χ0v) is 12.7. The molecule has 0 spiro atoms. The number of aliphatic hydroxyl groups is 1. The van der Waals surface area contributed by atoms with Crippen LogP contribution in [-0.2, 0) is 11.3 Å². The van der Waals surface area contributed by atoms with Crippen LogP contribution in [0.3, 0.4) is 0 Å². The van der Waals surface area contributed by atoms with Gasteiger partial charge in [-0.25, -0.2) is 0 Å². The lowest BCUT2D eigenvalue weighted by Crippen LogP contribution is -2.36. The van der Waals surface area contributed by atoms with E-state index in [1.807, 2.05) is 30.3 Å². The van der Waals surface area contributed by atoms with Gasteiger partial charge in [0.05, 0.1) is 19.3 Å². The van der Waals surface area contributed by atoms with E-state index in [2.05, 4.69) is 24.1 Å². The largest absolute Gasteiger partial charge is 0.389 e. The zero-order valence-electron chi connectivity index (χ0n) is 12.7. The van der Waals surface area contributed by atoms with E-state index in [0.717, 1.165) is 31.7 Å². The fourth-order valence-electron chi connectivity index (χ4n) is 1.99. The summed E-state index contributed by atoms with van der Waals surface area (Å²) in [5.74, 6) is 0. The number of hydrogen-bond acceptors (Lipinski definition) is 4. The number of benzene rings is 1. The van der Waals surface area contributed by atoms with Crippen LogP contribution in [0.25, 0.3) is 0 Å². The number of nitrogens with one attached hydrogen (secondary N) is 1. The summed E-state index contributed by atoms with van der Waals surface area (Å²) in [6, 6.07) is 10.0. The van der Waals surface area contributed by atoms with Crippen molar-refractivity contribution in [2.45, 2.75) is 26.6 Å². The molecular weight excluding hydrogens is 252 g/mol. The van der Waals surface area contributed by atoms with Crippen LogP contribution in [0, 0.1) is 0 Å². The number of rotatable bonds is 11. The predicted octanol–water partition coefficient (Wildman–Crippen LogP) is 1.50. The maximum Gasteiger partial charge on any atom is 0.0897 e. The van der Waals surface area contributed by atoms with E-state index >= 15 is 0 Å². The summed E-state index contributed by atoms with van der Waals surface area (Å²) in [6.45, 7) is 9.88. The first-order valence-corrected chi connectivity index (χ1v) is 7.49. The lowest BCUT2D eigenvalue weighted by atomic mass is 10.2. The van der Waals surface area contributed by atoms with Gasteiger partial charge in [0, 0.05) is 19.6 Å². The van der Waals surface area contributed by atoms with Crippen molar-refractivity contribution < 1.29 is 9.84 Å². The number of ether oxygens (including phenoxy) is 1. The molecule has 1 atom stereocenters. The summed E-state index contributed by atoms with van der Waals surface area (Å²) in [6.07, 6.45) is -0.449. The van der Waals surface area contributed by atoms with E-state index in [-0.39, 0.29) is 0 Å². The quantitative estimate of drug-likeness (QED) is 0.603. The number of aliphatic hydroxyl groups excluding tert-OH is 1. The molecule has 0 bridgehead atoms. The minimum absolute atomic E-state index is 0.368. The van der Waals surface area contributed by atoms with Crippen LogP contribution in [0.1, 0.15) is 19.4 Å². The average Bonchev–Trinajstić information content (AvgIpc) is 2.48. The summed E-state index contributed by atoms with van der Waals surface area (Å²) in [4.78, 5) is 2.35. The first-order valence-electron chi connectivity index (χ1n) is 7.49. The smallest absolute Gasteiger partial charge is 0.0897 e. The number of likely N-dealkylation sites (N-methyl/N-ethyl adjacent to an activating group) is 1. The van der Waals surface area contributed by atoms with Crippen LogP contribution in [0.15, 0.2) is 30.3 Å². The fraction of sp³-hybridized carbons (Fsp3) is 0.625. The van der Waals surface area contributed by atoms with Gasteiger partial charge in [0.15, 0.2) is 0 Å². The molecule has 0 saturated heterocycles. The monoisotopic (exact) mass is 280 g/mol. The molecule has 2 N–H and O–H groups in total. The molecule has 0 aliphatic rings. The van der Waals surface area contributed by atoms with Crippen molar-refractivity contribution in [3.05, 3.63) is 35.9 Å². The molecule has 114 valence electrons. The minimum atomic E-state index is -0.449. The highest BCUT2D eigenvalue weighted by molar-refractivity contribution is 5.13. The molecule has 0 saturated carbocycles. The molecule has 0 aliphatic heterocycles. The molecule has 0 fully saturated rings. The van der Waals surface area contributed by atoms with Crippen molar-refractivity contribution in [1.82, 2.24) is 10.2 Å². The summed E-state index contributed by atoms with van der Waals surface area (Å²) in [5, 5.41) is 13.1. The molecule has 4 heteroatoms. The van der Waals surface area contributed by atoms with Gasteiger partial charge in [0.2, 0.25) is 0 Å². The highest BCUT2D eigenvalue weighted by atomic mass is 16.5. The summed E-state index contributed by atoms with van der Waals surface area (Å²) in [7, 11) is 0. The zero-order chi connectivity index (χ0) is 14.6. The fourth-order valence-corrected chi connectivity index (χ4v) is 1.99. The van der Waals surface area contributed by atoms with Crippen molar-refractivity contribution >= 4 is 0 Å². The second kappa shape index (κ2) is 10.8. The Bertz CT molecular complexity index is 329. The standard InChI is InChI=1S/C16H28N2O2/c1-3-18(4-2)11-10-17-12-16(19)14-20-13-15-8-6-5-7-9-15/h5-9,16-17,19H,3-4,10-14H2,1-2H3. The Morgan fingerprint density at radius 2 is 1.90 bits per heavy atom. The number of nitrogens with zero attached hydrogens (tertiary/aromatic N) is 1. The van der Waals surface area contributed by atoms with Crippen molar-refractivity contribution in [3.8, 4) is 0 Å². The highest BCUT2D eigenvalue weighted by Crippen LogP contribution is 2.00. The first-order chi connectivity index (χ1) is 9.76. The van der Waals surface area contributed by atoms with Crippen molar-refractivity contribution in [2.75, 3.05) is 39.3 Å². The predicted molar refractivity (Wildman–Crippen MR) is 82.8 cm³/mol. The third-order valence-electron chi connectivity index (χ3n) is 3.30. The first kappa shape index (κ1) is 17.1. The maximum atomic E-state index is 9.81. The normalized spacial score (nSPS) is 12.8.